The van der Waals surface area contributed by atoms with Gasteiger partial charge in [-0.3, -0.25) is 9.78 Å². The third-order valence-corrected chi connectivity index (χ3v) is 2.97. The quantitative estimate of drug-likeness (QED) is 0.730. The van der Waals surface area contributed by atoms with Crippen LogP contribution in [0.15, 0.2) is 18.5 Å². The third kappa shape index (κ3) is 4.73. The van der Waals surface area contributed by atoms with Crippen molar-refractivity contribution in [1.82, 2.24) is 10.3 Å². The van der Waals surface area contributed by atoms with Gasteiger partial charge < -0.3 is 11.1 Å². The minimum Gasteiger partial charge on any atom is -0.398 e. The highest BCUT2D eigenvalue weighted by Gasteiger charge is 2.12. The number of pyridine rings is 1. The van der Waals surface area contributed by atoms with Crippen LogP contribution in [0.25, 0.3) is 0 Å². The number of nitrogen functional groups attached to an aromatic ring is 1. The molecule has 1 amide bonds. The number of nitrogens with one attached hydrogen (secondary N) is 1. The van der Waals surface area contributed by atoms with Gasteiger partial charge in [-0.1, -0.05) is 32.6 Å². The van der Waals surface area contributed by atoms with Crippen molar-refractivity contribution in [2.24, 2.45) is 0 Å². The second kappa shape index (κ2) is 7.69. The number of unbranched alkanes of at least 4 members (excludes halogenated alkanes) is 3. The van der Waals surface area contributed by atoms with Crippen LogP contribution in [0.4, 0.5) is 5.69 Å². The first-order valence-corrected chi connectivity index (χ1v) is 6.65. The van der Waals surface area contributed by atoms with E-state index < -0.39 is 0 Å². The first kappa shape index (κ1) is 14.5. The molecule has 0 aliphatic heterocycles. The van der Waals surface area contributed by atoms with Crippen molar-refractivity contribution >= 4 is 11.6 Å². The van der Waals surface area contributed by atoms with E-state index in [9.17, 15) is 4.79 Å². The fourth-order valence-electron chi connectivity index (χ4n) is 1.85. The number of anilines is 1. The number of nitrogens with two attached hydrogens (primary N) is 1. The Morgan fingerprint density at radius 3 is 2.89 bits per heavy atom. The fraction of sp³-hybridized carbons (Fsp3) is 0.571. The van der Waals surface area contributed by atoms with Crippen LogP contribution in [0, 0.1) is 0 Å². The summed E-state index contributed by atoms with van der Waals surface area (Å²) < 4.78 is 0. The molecule has 4 heteroatoms. The van der Waals surface area contributed by atoms with Gasteiger partial charge in [0.05, 0.1) is 5.56 Å². The van der Waals surface area contributed by atoms with Crippen LogP contribution in [0.3, 0.4) is 0 Å². The molecule has 0 aromatic carbocycles. The summed E-state index contributed by atoms with van der Waals surface area (Å²) in [7, 11) is 0. The van der Waals surface area contributed by atoms with Gasteiger partial charge in [0.1, 0.15) is 0 Å². The average molecular weight is 249 g/mol. The topological polar surface area (TPSA) is 68.0 Å². The van der Waals surface area contributed by atoms with Crippen molar-refractivity contribution in [2.75, 3.05) is 5.73 Å². The second-order valence-electron chi connectivity index (χ2n) is 4.69. The maximum absolute atomic E-state index is 11.9. The van der Waals surface area contributed by atoms with E-state index in [4.69, 9.17) is 5.73 Å². The smallest absolute Gasteiger partial charge is 0.255 e. The first-order valence-electron chi connectivity index (χ1n) is 6.65. The maximum atomic E-state index is 11.9. The Labute approximate surface area is 109 Å². The molecule has 4 nitrogen and oxygen atoms in total. The summed E-state index contributed by atoms with van der Waals surface area (Å²) in [5.41, 5.74) is 6.67. The molecule has 0 saturated carbocycles. The monoisotopic (exact) mass is 249 g/mol. The molecule has 100 valence electrons. The molecule has 3 N–H and O–H groups in total. The molecule has 0 radical (unpaired) electrons. The number of nitrogens with zero attached hydrogens (tertiary/aromatic N) is 1. The molecule has 1 aromatic heterocycles. The number of rotatable bonds is 7. The van der Waals surface area contributed by atoms with E-state index in [0.29, 0.717) is 11.3 Å². The van der Waals surface area contributed by atoms with Crippen LogP contribution >= 0.6 is 0 Å². The normalized spacial score (nSPS) is 12.1. The lowest BCUT2D eigenvalue weighted by atomic mass is 10.1. The highest BCUT2D eigenvalue weighted by Crippen LogP contribution is 2.10. The summed E-state index contributed by atoms with van der Waals surface area (Å²) in [4.78, 5) is 15.9. The van der Waals surface area contributed by atoms with Gasteiger partial charge in [-0.15, -0.1) is 0 Å². The molecule has 0 bridgehead atoms. The van der Waals surface area contributed by atoms with Crippen LogP contribution in [0.2, 0.25) is 0 Å². The van der Waals surface area contributed by atoms with Gasteiger partial charge in [0.2, 0.25) is 0 Å². The molecule has 1 aromatic rings. The van der Waals surface area contributed by atoms with Crippen LogP contribution < -0.4 is 11.1 Å². The molecule has 0 aliphatic carbocycles. The van der Waals surface area contributed by atoms with Gasteiger partial charge in [0, 0.05) is 24.1 Å². The Morgan fingerprint density at radius 2 is 2.22 bits per heavy atom. The molecule has 0 aliphatic rings. The molecule has 0 saturated heterocycles. The van der Waals surface area contributed by atoms with E-state index in [-0.39, 0.29) is 11.9 Å². The number of aromatic nitrogens is 1. The maximum Gasteiger partial charge on any atom is 0.255 e. The number of hydrogen-bond donors (Lipinski definition) is 2. The molecule has 1 rings (SSSR count). The van der Waals surface area contributed by atoms with E-state index >= 15 is 0 Å². The fourth-order valence-corrected chi connectivity index (χ4v) is 1.85. The molecular weight excluding hydrogens is 226 g/mol. The first-order chi connectivity index (χ1) is 8.65. The lowest BCUT2D eigenvalue weighted by molar-refractivity contribution is 0.0938. The average Bonchev–Trinajstić information content (AvgIpc) is 2.35. The highest BCUT2D eigenvalue weighted by atomic mass is 16.1. The van der Waals surface area contributed by atoms with Crippen molar-refractivity contribution in [3.05, 3.63) is 24.0 Å². The van der Waals surface area contributed by atoms with E-state index in [0.717, 1.165) is 12.8 Å². The van der Waals surface area contributed by atoms with Gasteiger partial charge in [-0.2, -0.15) is 0 Å². The minimum atomic E-state index is -0.136. The van der Waals surface area contributed by atoms with Gasteiger partial charge in [-0.25, -0.2) is 0 Å². The van der Waals surface area contributed by atoms with Crippen molar-refractivity contribution in [3.63, 3.8) is 0 Å². The molecule has 18 heavy (non-hydrogen) atoms. The number of carbonyl (C=O) groups excluding carboxylic acids is 1. The van der Waals surface area contributed by atoms with Crippen LogP contribution in [0.1, 0.15) is 56.3 Å². The molecule has 0 fully saturated rings. The van der Waals surface area contributed by atoms with E-state index in [1.165, 1.54) is 25.5 Å². The zero-order valence-electron chi connectivity index (χ0n) is 11.3. The van der Waals surface area contributed by atoms with Crippen molar-refractivity contribution in [3.8, 4) is 0 Å². The van der Waals surface area contributed by atoms with Gasteiger partial charge >= 0.3 is 0 Å². The lowest BCUT2D eigenvalue weighted by Gasteiger charge is -2.14. The zero-order valence-corrected chi connectivity index (χ0v) is 11.3. The molecule has 0 spiro atoms. The molecule has 1 unspecified atom stereocenters. The second-order valence-corrected chi connectivity index (χ2v) is 4.69. The van der Waals surface area contributed by atoms with Gasteiger partial charge in [0.25, 0.3) is 5.91 Å². The third-order valence-electron chi connectivity index (χ3n) is 2.97. The van der Waals surface area contributed by atoms with E-state index in [1.54, 1.807) is 12.3 Å². The summed E-state index contributed by atoms with van der Waals surface area (Å²) in [5.74, 6) is -0.136. The Hall–Kier alpha value is -1.58. The Kier molecular flexibility index (Phi) is 6.19. The van der Waals surface area contributed by atoms with Crippen LogP contribution in [-0.2, 0) is 0 Å². The summed E-state index contributed by atoms with van der Waals surface area (Å²) in [6.07, 6.45) is 8.97. The van der Waals surface area contributed by atoms with Crippen LogP contribution in [0.5, 0.6) is 0 Å². The molecular formula is C14H23N3O. The predicted molar refractivity (Wildman–Crippen MR) is 74.3 cm³/mol. The number of carbonyl (C=O) groups is 1. The van der Waals surface area contributed by atoms with Gasteiger partial charge in [-0.05, 0) is 19.4 Å². The summed E-state index contributed by atoms with van der Waals surface area (Å²) in [6, 6.07) is 1.81. The Bertz CT molecular complexity index is 379. The lowest BCUT2D eigenvalue weighted by Crippen LogP contribution is -2.33. The SMILES string of the molecule is CCCCCCC(C)NC(=O)c1cnccc1N. The largest absolute Gasteiger partial charge is 0.398 e. The number of hydrogen-bond acceptors (Lipinski definition) is 3. The summed E-state index contributed by atoms with van der Waals surface area (Å²) in [6.45, 7) is 4.22. The predicted octanol–water partition coefficient (Wildman–Crippen LogP) is 2.75. The van der Waals surface area contributed by atoms with E-state index in [1.807, 2.05) is 6.92 Å². The van der Waals surface area contributed by atoms with Crippen molar-refractivity contribution in [2.45, 2.75) is 52.0 Å². The Morgan fingerprint density at radius 1 is 1.44 bits per heavy atom. The molecule has 1 heterocycles. The molecule has 1 atom stereocenters. The van der Waals surface area contributed by atoms with Gasteiger partial charge in [0.15, 0.2) is 0 Å². The zero-order chi connectivity index (χ0) is 13.4. The van der Waals surface area contributed by atoms with Crippen molar-refractivity contribution in [1.29, 1.82) is 0 Å². The van der Waals surface area contributed by atoms with Crippen molar-refractivity contribution < 1.29 is 4.79 Å². The summed E-state index contributed by atoms with van der Waals surface area (Å²) >= 11 is 0. The van der Waals surface area contributed by atoms with Crippen LogP contribution in [-0.4, -0.2) is 16.9 Å². The summed E-state index contributed by atoms with van der Waals surface area (Å²) in [5, 5.41) is 2.95. The standard InChI is InChI=1S/C14H23N3O/c1-3-4-5-6-7-11(2)17-14(18)12-10-16-9-8-13(12)15/h8-11H,3-7H2,1-2H3,(H2,15,16)(H,17,18). The highest BCUT2D eigenvalue weighted by molar-refractivity contribution is 5.98. The Balaban J connectivity index is 2.38. The minimum absolute atomic E-state index is 0.136. The number of amides is 1. The van der Waals surface area contributed by atoms with E-state index in [2.05, 4.69) is 17.2 Å².